The van der Waals surface area contributed by atoms with Crippen molar-refractivity contribution in [1.82, 2.24) is 15.1 Å². The van der Waals surface area contributed by atoms with E-state index in [4.69, 9.17) is 16.1 Å². The zero-order valence-corrected chi connectivity index (χ0v) is 16.3. The number of carbonyl (C=O) groups excluding carboxylic acids is 1. The van der Waals surface area contributed by atoms with Crippen LogP contribution >= 0.6 is 11.6 Å². The van der Waals surface area contributed by atoms with Gasteiger partial charge in [-0.2, -0.15) is 0 Å². The van der Waals surface area contributed by atoms with Crippen LogP contribution in [0.2, 0.25) is 5.02 Å². The number of aromatic nitrogens is 3. The summed E-state index contributed by atoms with van der Waals surface area (Å²) in [7, 11) is 0. The zero-order valence-electron chi connectivity index (χ0n) is 15.5. The number of halogens is 3. The van der Waals surface area contributed by atoms with Gasteiger partial charge in [-0.3, -0.25) is 4.79 Å². The van der Waals surface area contributed by atoms with E-state index in [1.807, 2.05) is 0 Å². The van der Waals surface area contributed by atoms with Crippen molar-refractivity contribution in [3.63, 3.8) is 0 Å². The second-order valence-corrected chi connectivity index (χ2v) is 6.70. The van der Waals surface area contributed by atoms with Crippen LogP contribution in [0.4, 0.5) is 20.4 Å². The van der Waals surface area contributed by atoms with Gasteiger partial charge in [-0.25, -0.2) is 23.6 Å². The number of amides is 1. The molecule has 4 aromatic rings. The smallest absolute Gasteiger partial charge is 0.248 e. The largest absolute Gasteiger partial charge is 0.336 e. The summed E-state index contributed by atoms with van der Waals surface area (Å²) in [6, 6.07) is 11.2. The summed E-state index contributed by atoms with van der Waals surface area (Å²) in [4.78, 5) is 21.5. The summed E-state index contributed by atoms with van der Waals surface area (Å²) in [5.41, 5.74) is 1.37. The van der Waals surface area contributed by atoms with E-state index in [1.54, 1.807) is 30.3 Å². The lowest BCUT2D eigenvalue weighted by molar-refractivity contribution is -0.116. The van der Waals surface area contributed by atoms with Gasteiger partial charge in [0.2, 0.25) is 11.8 Å². The number of hydrogen-bond acceptors (Lipinski definition) is 5. The van der Waals surface area contributed by atoms with Crippen molar-refractivity contribution in [2.75, 3.05) is 4.90 Å². The third-order valence-corrected chi connectivity index (χ3v) is 4.55. The maximum Gasteiger partial charge on any atom is 0.248 e. The Hall–Kier alpha value is -3.65. The van der Waals surface area contributed by atoms with E-state index < -0.39 is 17.5 Å². The predicted octanol–water partition coefficient (Wildman–Crippen LogP) is 5.41. The Labute approximate surface area is 174 Å². The number of nitrogens with zero attached hydrogens (tertiary/aromatic N) is 4. The molecule has 6 nitrogen and oxygen atoms in total. The van der Waals surface area contributed by atoms with Gasteiger partial charge in [0.05, 0.1) is 16.9 Å². The van der Waals surface area contributed by atoms with Gasteiger partial charge in [0.25, 0.3) is 0 Å². The van der Waals surface area contributed by atoms with Gasteiger partial charge in [0.15, 0.2) is 0 Å². The molecule has 0 aliphatic heterocycles. The van der Waals surface area contributed by atoms with Crippen molar-refractivity contribution in [3.05, 3.63) is 77.7 Å². The maximum atomic E-state index is 14.5. The first-order chi connectivity index (χ1) is 14.5. The summed E-state index contributed by atoms with van der Waals surface area (Å²) in [5, 5.41) is 4.61. The highest BCUT2D eigenvalue weighted by atomic mass is 35.5. The predicted molar refractivity (Wildman–Crippen MR) is 107 cm³/mol. The molecule has 0 atom stereocenters. The molecule has 2 heterocycles. The first-order valence-electron chi connectivity index (χ1n) is 8.73. The summed E-state index contributed by atoms with van der Waals surface area (Å²) in [6.07, 6.45) is 2.82. The molecule has 1 amide bonds. The highest BCUT2D eigenvalue weighted by Gasteiger charge is 2.30. The number of hydrogen-bond donors (Lipinski definition) is 0. The lowest BCUT2D eigenvalue weighted by atomic mass is 10.0. The Morgan fingerprint density at radius 2 is 1.87 bits per heavy atom. The third-order valence-electron chi connectivity index (χ3n) is 4.30. The minimum atomic E-state index is -0.801. The quantitative estimate of drug-likeness (QED) is 0.436. The SMILES string of the molecule is CC(=O)N(c1cc(F)ccc1F)c1onc(-c2ccc(Cl)cc2)c1-c1ccncn1. The number of benzene rings is 2. The van der Waals surface area contributed by atoms with Crippen LogP contribution in [0.3, 0.4) is 0 Å². The van der Waals surface area contributed by atoms with Gasteiger partial charge in [0.1, 0.15) is 23.7 Å². The van der Waals surface area contributed by atoms with E-state index in [0.29, 0.717) is 27.5 Å². The molecule has 0 spiro atoms. The van der Waals surface area contributed by atoms with Gasteiger partial charge >= 0.3 is 0 Å². The molecule has 30 heavy (non-hydrogen) atoms. The minimum absolute atomic E-state index is 0.101. The molecule has 0 saturated heterocycles. The molecular formula is C21H13ClF2N4O2. The van der Waals surface area contributed by atoms with E-state index in [0.717, 1.165) is 23.1 Å². The Balaban J connectivity index is 1.98. The highest BCUT2D eigenvalue weighted by molar-refractivity contribution is 6.30. The van der Waals surface area contributed by atoms with Crippen molar-refractivity contribution in [2.24, 2.45) is 0 Å². The summed E-state index contributed by atoms with van der Waals surface area (Å²) >= 11 is 5.97. The number of rotatable bonds is 4. The molecule has 9 heteroatoms. The molecule has 0 bridgehead atoms. The van der Waals surface area contributed by atoms with E-state index in [2.05, 4.69) is 15.1 Å². The lowest BCUT2D eigenvalue weighted by Crippen LogP contribution is -2.24. The van der Waals surface area contributed by atoms with Crippen LogP contribution in [0.1, 0.15) is 6.92 Å². The first-order valence-corrected chi connectivity index (χ1v) is 9.11. The van der Waals surface area contributed by atoms with Gasteiger partial charge in [-0.05, 0) is 30.3 Å². The average molecular weight is 427 g/mol. The Kier molecular flexibility index (Phi) is 5.24. The number of carbonyl (C=O) groups is 1. The molecule has 150 valence electrons. The van der Waals surface area contributed by atoms with E-state index in [9.17, 15) is 13.6 Å². The monoisotopic (exact) mass is 426 g/mol. The Bertz CT molecular complexity index is 1210. The Morgan fingerprint density at radius 3 is 2.53 bits per heavy atom. The Morgan fingerprint density at radius 1 is 1.10 bits per heavy atom. The molecule has 0 N–H and O–H groups in total. The molecule has 0 aliphatic carbocycles. The molecular weight excluding hydrogens is 414 g/mol. The lowest BCUT2D eigenvalue weighted by Gasteiger charge is -2.19. The summed E-state index contributed by atoms with van der Waals surface area (Å²) < 4.78 is 33.8. The minimum Gasteiger partial charge on any atom is -0.336 e. The second-order valence-electron chi connectivity index (χ2n) is 6.26. The van der Waals surface area contributed by atoms with E-state index in [1.165, 1.54) is 19.4 Å². The molecule has 2 aromatic carbocycles. The second kappa shape index (κ2) is 8.00. The summed E-state index contributed by atoms with van der Waals surface area (Å²) in [6.45, 7) is 1.21. The molecule has 0 saturated carbocycles. The third kappa shape index (κ3) is 3.65. The molecule has 0 unspecified atom stereocenters. The highest BCUT2D eigenvalue weighted by Crippen LogP contribution is 2.42. The molecule has 0 radical (unpaired) electrons. The maximum absolute atomic E-state index is 14.5. The van der Waals surface area contributed by atoms with Crippen LogP contribution in [0.5, 0.6) is 0 Å². The van der Waals surface area contributed by atoms with Crippen LogP contribution in [-0.4, -0.2) is 21.0 Å². The average Bonchev–Trinajstić information content (AvgIpc) is 3.16. The van der Waals surface area contributed by atoms with Gasteiger partial charge in [-0.1, -0.05) is 28.9 Å². The van der Waals surface area contributed by atoms with E-state index in [-0.39, 0.29) is 11.6 Å². The van der Waals surface area contributed by atoms with Crippen LogP contribution in [-0.2, 0) is 4.79 Å². The van der Waals surface area contributed by atoms with Crippen LogP contribution in [0, 0.1) is 11.6 Å². The van der Waals surface area contributed by atoms with Crippen LogP contribution in [0.25, 0.3) is 22.5 Å². The van der Waals surface area contributed by atoms with Crippen molar-refractivity contribution in [2.45, 2.75) is 6.92 Å². The number of anilines is 2. The molecule has 0 fully saturated rings. The van der Waals surface area contributed by atoms with E-state index >= 15 is 0 Å². The van der Waals surface area contributed by atoms with Crippen molar-refractivity contribution >= 4 is 29.1 Å². The topological polar surface area (TPSA) is 72.1 Å². The van der Waals surface area contributed by atoms with Crippen LogP contribution in [0.15, 0.2) is 65.6 Å². The fourth-order valence-electron chi connectivity index (χ4n) is 2.99. The zero-order chi connectivity index (χ0) is 21.3. The van der Waals surface area contributed by atoms with Crippen molar-refractivity contribution < 1.29 is 18.1 Å². The van der Waals surface area contributed by atoms with Gasteiger partial charge < -0.3 is 4.52 Å². The fourth-order valence-corrected chi connectivity index (χ4v) is 3.11. The van der Waals surface area contributed by atoms with Gasteiger partial charge in [0, 0.05) is 29.8 Å². The van der Waals surface area contributed by atoms with Crippen molar-refractivity contribution in [3.8, 4) is 22.5 Å². The molecule has 2 aromatic heterocycles. The van der Waals surface area contributed by atoms with Crippen molar-refractivity contribution in [1.29, 1.82) is 0 Å². The normalized spacial score (nSPS) is 10.8. The van der Waals surface area contributed by atoms with Crippen LogP contribution < -0.4 is 4.90 Å². The molecule has 0 aliphatic rings. The molecule has 4 rings (SSSR count). The summed E-state index contributed by atoms with van der Waals surface area (Å²) in [5.74, 6) is -2.22. The standard InChI is InChI=1S/C21H13ClF2N4O2/c1-12(29)28(18-10-15(23)6-7-16(18)24)21-19(17-8-9-25-11-26-17)20(27-30-21)13-2-4-14(22)5-3-13/h2-11H,1H3. The van der Waals surface area contributed by atoms with Gasteiger partial charge in [-0.15, -0.1) is 0 Å². The first kappa shape index (κ1) is 19.7. The fraction of sp³-hybridized carbons (Fsp3) is 0.0476.